The minimum absolute atomic E-state index is 0.00704. The number of methoxy groups -OCH3 is 1. The number of benzene rings is 2. The smallest absolute Gasteiger partial charge is 0.270 e. The Labute approximate surface area is 254 Å². The molecule has 2 aliphatic rings. The lowest BCUT2D eigenvalue weighted by Gasteiger charge is -2.17. The standard InChI is InChI=1S/C33H33N5O6/c1-19-23-8-9-26(25(23)7-6-24(19)29(40)4-3-13-43-2)37-33(42)28-16-27(36-31-11-12-35-38(28)31)32(41)34-17-20-5-10-30-21(14-20)15-22(39)18-44-30/h5-7,10-12,14,16,26H,3-4,8-9,13,15,17-18H2,1-2H3,(H,34,41)(H,37,42)/t26-/m0/s1. The van der Waals surface area contributed by atoms with E-state index >= 15 is 0 Å². The first kappa shape index (κ1) is 29.2. The number of Topliss-reactive ketones (excluding diaryl/α,β-unsaturated/α-hetero) is 2. The van der Waals surface area contributed by atoms with Gasteiger partial charge in [0.1, 0.15) is 23.7 Å². The van der Waals surface area contributed by atoms with Gasteiger partial charge in [-0.15, -0.1) is 0 Å². The summed E-state index contributed by atoms with van der Waals surface area (Å²) in [5.74, 6) is -0.0565. The number of nitrogens with one attached hydrogen (secondary N) is 2. The van der Waals surface area contributed by atoms with Gasteiger partial charge in [0.2, 0.25) is 0 Å². The van der Waals surface area contributed by atoms with Crippen molar-refractivity contribution in [3.8, 4) is 5.75 Å². The van der Waals surface area contributed by atoms with E-state index in [0.717, 1.165) is 34.2 Å². The fourth-order valence-electron chi connectivity index (χ4n) is 5.98. The summed E-state index contributed by atoms with van der Waals surface area (Å²) in [5, 5.41) is 10.2. The first-order valence-corrected chi connectivity index (χ1v) is 14.7. The van der Waals surface area contributed by atoms with Crippen LogP contribution in [0.4, 0.5) is 0 Å². The Bertz CT molecular complexity index is 1790. The molecule has 226 valence electrons. The van der Waals surface area contributed by atoms with Crippen LogP contribution >= 0.6 is 0 Å². The molecular formula is C33H33N5O6. The van der Waals surface area contributed by atoms with Gasteiger partial charge >= 0.3 is 0 Å². The van der Waals surface area contributed by atoms with Gasteiger partial charge in [0.05, 0.1) is 12.2 Å². The van der Waals surface area contributed by atoms with Crippen LogP contribution in [0.2, 0.25) is 0 Å². The predicted molar refractivity (Wildman–Crippen MR) is 160 cm³/mol. The Morgan fingerprint density at radius 3 is 2.82 bits per heavy atom. The minimum Gasteiger partial charge on any atom is -0.486 e. The number of carbonyl (C=O) groups excluding carboxylic acids is 4. The van der Waals surface area contributed by atoms with E-state index in [1.807, 2.05) is 31.2 Å². The van der Waals surface area contributed by atoms with Crippen molar-refractivity contribution in [2.75, 3.05) is 20.3 Å². The Hall–Kier alpha value is -4.90. The molecule has 1 aliphatic heterocycles. The van der Waals surface area contributed by atoms with Gasteiger partial charge in [0.25, 0.3) is 11.8 Å². The molecule has 44 heavy (non-hydrogen) atoms. The van der Waals surface area contributed by atoms with Crippen LogP contribution in [0.15, 0.2) is 48.7 Å². The molecule has 4 aromatic rings. The molecule has 0 bridgehead atoms. The van der Waals surface area contributed by atoms with E-state index in [2.05, 4.69) is 20.7 Å². The maximum Gasteiger partial charge on any atom is 0.270 e. The van der Waals surface area contributed by atoms with Gasteiger partial charge in [-0.05, 0) is 60.6 Å². The quantitative estimate of drug-likeness (QED) is 0.210. The second-order valence-corrected chi connectivity index (χ2v) is 11.1. The molecule has 6 rings (SSSR count). The number of hydrogen-bond donors (Lipinski definition) is 2. The number of rotatable bonds is 10. The van der Waals surface area contributed by atoms with Crippen LogP contribution in [0.1, 0.15) is 84.5 Å². The lowest BCUT2D eigenvalue weighted by atomic mass is 9.94. The lowest BCUT2D eigenvalue weighted by Crippen LogP contribution is -2.30. The molecule has 2 N–H and O–H groups in total. The molecule has 11 heteroatoms. The first-order valence-electron chi connectivity index (χ1n) is 14.7. The lowest BCUT2D eigenvalue weighted by molar-refractivity contribution is -0.121. The fraction of sp³-hybridized carbons (Fsp3) is 0.333. The molecule has 0 radical (unpaired) electrons. The molecule has 11 nitrogen and oxygen atoms in total. The van der Waals surface area contributed by atoms with E-state index in [4.69, 9.17) is 9.47 Å². The molecule has 0 saturated heterocycles. The molecule has 0 unspecified atom stereocenters. The molecule has 1 aliphatic carbocycles. The third-order valence-electron chi connectivity index (χ3n) is 8.23. The van der Waals surface area contributed by atoms with Crippen LogP contribution < -0.4 is 15.4 Å². The molecule has 0 spiro atoms. The van der Waals surface area contributed by atoms with Crippen molar-refractivity contribution in [1.82, 2.24) is 25.2 Å². The van der Waals surface area contributed by atoms with Gasteiger partial charge in [-0.3, -0.25) is 19.2 Å². The van der Waals surface area contributed by atoms with Crippen LogP contribution in [0, 0.1) is 6.92 Å². The molecular weight excluding hydrogens is 562 g/mol. The highest BCUT2D eigenvalue weighted by Crippen LogP contribution is 2.35. The van der Waals surface area contributed by atoms with E-state index < -0.39 is 5.91 Å². The molecule has 1 atom stereocenters. The number of fused-ring (bicyclic) bond motifs is 3. The maximum absolute atomic E-state index is 13.6. The van der Waals surface area contributed by atoms with E-state index in [0.29, 0.717) is 49.3 Å². The van der Waals surface area contributed by atoms with Crippen LogP contribution in [0.25, 0.3) is 5.65 Å². The summed E-state index contributed by atoms with van der Waals surface area (Å²) in [6.45, 7) is 2.79. The summed E-state index contributed by atoms with van der Waals surface area (Å²) in [7, 11) is 1.62. The molecule has 2 aromatic carbocycles. The molecule has 3 heterocycles. The molecule has 0 fully saturated rings. The number of carbonyl (C=O) groups is 4. The number of nitrogens with zero attached hydrogens (tertiary/aromatic N) is 3. The van der Waals surface area contributed by atoms with E-state index in [-0.39, 0.29) is 48.1 Å². The van der Waals surface area contributed by atoms with E-state index in [1.54, 1.807) is 19.2 Å². The van der Waals surface area contributed by atoms with Crippen molar-refractivity contribution >= 4 is 29.0 Å². The van der Waals surface area contributed by atoms with Gasteiger partial charge in [0, 0.05) is 56.4 Å². The molecule has 2 amide bonds. The van der Waals surface area contributed by atoms with Gasteiger partial charge in [-0.2, -0.15) is 5.10 Å². The van der Waals surface area contributed by atoms with Crippen LogP contribution in [-0.2, 0) is 28.9 Å². The monoisotopic (exact) mass is 595 g/mol. The highest BCUT2D eigenvalue weighted by Gasteiger charge is 2.29. The third-order valence-corrected chi connectivity index (χ3v) is 8.23. The first-order chi connectivity index (χ1) is 21.3. The highest BCUT2D eigenvalue weighted by atomic mass is 16.5. The number of amides is 2. The minimum atomic E-state index is -0.447. The Balaban J connectivity index is 1.17. The van der Waals surface area contributed by atoms with Crippen molar-refractivity contribution in [2.24, 2.45) is 0 Å². The van der Waals surface area contributed by atoms with Crippen LogP contribution in [0.3, 0.4) is 0 Å². The fourth-order valence-corrected chi connectivity index (χ4v) is 5.98. The van der Waals surface area contributed by atoms with Crippen molar-refractivity contribution in [2.45, 2.75) is 51.6 Å². The topological polar surface area (TPSA) is 141 Å². The highest BCUT2D eigenvalue weighted by molar-refractivity contribution is 5.99. The average Bonchev–Trinajstić information content (AvgIpc) is 3.67. The molecule has 0 saturated carbocycles. The number of ketones is 2. The second-order valence-electron chi connectivity index (χ2n) is 11.1. The second kappa shape index (κ2) is 12.4. The summed E-state index contributed by atoms with van der Waals surface area (Å²) in [6.07, 6.45) is 4.36. The Morgan fingerprint density at radius 2 is 1.98 bits per heavy atom. The predicted octanol–water partition coefficient (Wildman–Crippen LogP) is 3.50. The number of ether oxygens (including phenoxy) is 2. The van der Waals surface area contributed by atoms with Crippen molar-refractivity contribution in [3.63, 3.8) is 0 Å². The van der Waals surface area contributed by atoms with Crippen LogP contribution in [-0.4, -0.2) is 58.3 Å². The van der Waals surface area contributed by atoms with E-state index in [9.17, 15) is 19.2 Å². The zero-order valence-corrected chi connectivity index (χ0v) is 24.6. The van der Waals surface area contributed by atoms with Gasteiger partial charge < -0.3 is 20.1 Å². The Kier molecular flexibility index (Phi) is 8.21. The third kappa shape index (κ3) is 5.83. The number of hydrogen-bond acceptors (Lipinski definition) is 8. The summed E-state index contributed by atoms with van der Waals surface area (Å²) in [5.41, 5.74) is 5.99. The largest absolute Gasteiger partial charge is 0.486 e. The number of aromatic nitrogens is 3. The van der Waals surface area contributed by atoms with Crippen molar-refractivity contribution in [1.29, 1.82) is 0 Å². The zero-order valence-electron chi connectivity index (χ0n) is 24.6. The van der Waals surface area contributed by atoms with Crippen molar-refractivity contribution < 1.29 is 28.7 Å². The van der Waals surface area contributed by atoms with Gasteiger partial charge in [0.15, 0.2) is 17.2 Å². The SMILES string of the molecule is COCCCC(=O)c1ccc2c(c1C)CC[C@@H]2NC(=O)c1cc(C(=O)NCc2ccc3c(c2)CC(=O)CO3)nc2ccnn12. The van der Waals surface area contributed by atoms with Gasteiger partial charge in [-0.25, -0.2) is 9.50 Å². The zero-order chi connectivity index (χ0) is 30.8. The van der Waals surface area contributed by atoms with Crippen molar-refractivity contribution in [3.05, 3.63) is 93.4 Å². The Morgan fingerprint density at radius 1 is 1.11 bits per heavy atom. The summed E-state index contributed by atoms with van der Waals surface area (Å²) >= 11 is 0. The maximum atomic E-state index is 13.6. The summed E-state index contributed by atoms with van der Waals surface area (Å²) in [6, 6.07) is 12.1. The normalized spacial score (nSPS) is 15.4. The average molecular weight is 596 g/mol. The van der Waals surface area contributed by atoms with E-state index in [1.165, 1.54) is 16.8 Å². The summed E-state index contributed by atoms with van der Waals surface area (Å²) in [4.78, 5) is 55.7. The van der Waals surface area contributed by atoms with Crippen LogP contribution in [0.5, 0.6) is 5.75 Å². The van der Waals surface area contributed by atoms with Gasteiger partial charge in [-0.1, -0.05) is 18.2 Å². The molecule has 2 aromatic heterocycles. The summed E-state index contributed by atoms with van der Waals surface area (Å²) < 4.78 is 11.9.